The molecule has 5 heteroatoms. The fourth-order valence-electron chi connectivity index (χ4n) is 5.45. The highest BCUT2D eigenvalue weighted by atomic mass is 16.6. The van der Waals surface area contributed by atoms with Crippen molar-refractivity contribution in [2.24, 2.45) is 11.3 Å². The van der Waals surface area contributed by atoms with Crippen molar-refractivity contribution in [3.63, 3.8) is 0 Å². The molecule has 180 valence electrons. The van der Waals surface area contributed by atoms with Crippen LogP contribution >= 0.6 is 0 Å². The third-order valence-electron chi connectivity index (χ3n) is 7.70. The number of rotatable bonds is 5. The van der Waals surface area contributed by atoms with Crippen molar-refractivity contribution in [3.05, 3.63) is 64.7 Å². The van der Waals surface area contributed by atoms with Gasteiger partial charge in [0, 0.05) is 17.5 Å². The lowest BCUT2D eigenvalue weighted by atomic mass is 9.79. The lowest BCUT2D eigenvalue weighted by Crippen LogP contribution is -2.53. The van der Waals surface area contributed by atoms with E-state index in [2.05, 4.69) is 85.6 Å². The van der Waals surface area contributed by atoms with E-state index in [9.17, 15) is 4.79 Å². The smallest absolute Gasteiger partial charge is 0.407 e. The van der Waals surface area contributed by atoms with E-state index < -0.39 is 0 Å². The Morgan fingerprint density at radius 2 is 1.82 bits per heavy atom. The number of benzene rings is 2. The summed E-state index contributed by atoms with van der Waals surface area (Å²) in [6.45, 7) is 10.1. The Kier molecular flexibility index (Phi) is 6.39. The summed E-state index contributed by atoms with van der Waals surface area (Å²) in [5.74, 6) is 1.33. The molecule has 4 heterocycles. The van der Waals surface area contributed by atoms with Crippen LogP contribution in [0.5, 0.6) is 5.75 Å². The molecule has 0 aliphatic carbocycles. The maximum atomic E-state index is 12.9. The summed E-state index contributed by atoms with van der Waals surface area (Å²) in [5.41, 5.74) is 4.36. The molecule has 0 aromatic heterocycles. The Hall–Kier alpha value is -2.79. The third kappa shape index (κ3) is 4.85. The van der Waals surface area contributed by atoms with Crippen molar-refractivity contribution in [2.75, 3.05) is 26.2 Å². The second kappa shape index (κ2) is 9.46. The number of nitrogens with one attached hydrogen (secondary N) is 1. The average molecular weight is 461 g/mol. The molecule has 5 nitrogen and oxygen atoms in total. The van der Waals surface area contributed by atoms with Crippen molar-refractivity contribution in [2.45, 2.75) is 52.2 Å². The van der Waals surface area contributed by atoms with Gasteiger partial charge in [-0.2, -0.15) is 0 Å². The molecule has 3 fully saturated rings. The molecule has 0 spiro atoms. The van der Waals surface area contributed by atoms with Gasteiger partial charge in [0.15, 0.2) is 0 Å². The summed E-state index contributed by atoms with van der Waals surface area (Å²) in [5, 5.41) is 3.18. The molecule has 0 saturated carbocycles. The van der Waals surface area contributed by atoms with E-state index in [-0.39, 0.29) is 23.7 Å². The monoisotopic (exact) mass is 460 g/mol. The molecule has 4 aliphatic rings. The SMILES string of the molecule is CCc1ccc(/C=C/c2ccc3c(c2)OCC(C)(C)C3NC(=O)O[C@@H]2CN3CCC2CC3)cc1. The summed E-state index contributed by atoms with van der Waals surface area (Å²) < 4.78 is 12.1. The topological polar surface area (TPSA) is 50.8 Å². The van der Waals surface area contributed by atoms with Crippen molar-refractivity contribution in [1.29, 1.82) is 0 Å². The standard InChI is InChI=1S/C29H36N2O3/c1-4-20-5-7-21(8-6-20)9-10-22-11-12-24-25(17-22)33-19-29(2,3)27(24)30-28(32)34-26-18-31-15-13-23(26)14-16-31/h5-12,17,23,26-27H,4,13-16,18-19H2,1-3H3,(H,30,32)/b10-9+/t26-,27?/m1/s1. The largest absolute Gasteiger partial charge is 0.493 e. The van der Waals surface area contributed by atoms with Crippen LogP contribution in [0.4, 0.5) is 4.79 Å². The number of hydrogen-bond donors (Lipinski definition) is 1. The Morgan fingerprint density at radius 3 is 2.50 bits per heavy atom. The maximum absolute atomic E-state index is 12.9. The lowest BCUT2D eigenvalue weighted by Gasteiger charge is -2.44. The van der Waals surface area contributed by atoms with Gasteiger partial charge in [-0.3, -0.25) is 4.90 Å². The van der Waals surface area contributed by atoms with Crippen LogP contribution in [-0.2, 0) is 11.2 Å². The number of fused-ring (bicyclic) bond motifs is 4. The first-order valence-electron chi connectivity index (χ1n) is 12.6. The second-order valence-corrected chi connectivity index (χ2v) is 10.7. The quantitative estimate of drug-likeness (QED) is 0.582. The summed E-state index contributed by atoms with van der Waals surface area (Å²) in [6.07, 6.45) is 7.22. The number of aryl methyl sites for hydroxylation is 1. The van der Waals surface area contributed by atoms with E-state index in [0.29, 0.717) is 12.5 Å². The van der Waals surface area contributed by atoms with Crippen molar-refractivity contribution < 1.29 is 14.3 Å². The first-order chi connectivity index (χ1) is 16.4. The molecule has 4 aliphatic heterocycles. The van der Waals surface area contributed by atoms with Gasteiger partial charge in [0.25, 0.3) is 0 Å². The van der Waals surface area contributed by atoms with E-state index in [1.54, 1.807) is 0 Å². The van der Waals surface area contributed by atoms with Gasteiger partial charge >= 0.3 is 6.09 Å². The van der Waals surface area contributed by atoms with Gasteiger partial charge in [-0.25, -0.2) is 4.79 Å². The van der Waals surface area contributed by atoms with Gasteiger partial charge in [0.1, 0.15) is 11.9 Å². The zero-order valence-electron chi connectivity index (χ0n) is 20.5. The van der Waals surface area contributed by atoms with E-state index in [1.807, 2.05) is 0 Å². The van der Waals surface area contributed by atoms with Crippen LogP contribution in [0.1, 0.15) is 61.9 Å². The number of ether oxygens (including phenoxy) is 2. The molecule has 2 aromatic carbocycles. The maximum Gasteiger partial charge on any atom is 0.407 e. The van der Waals surface area contributed by atoms with Crippen LogP contribution in [0.15, 0.2) is 42.5 Å². The van der Waals surface area contributed by atoms with E-state index in [4.69, 9.17) is 9.47 Å². The first-order valence-corrected chi connectivity index (χ1v) is 12.6. The lowest BCUT2D eigenvalue weighted by molar-refractivity contribution is -0.0361. The molecule has 34 heavy (non-hydrogen) atoms. The molecule has 0 radical (unpaired) electrons. The van der Waals surface area contributed by atoms with Gasteiger partial charge in [0.05, 0.1) is 12.6 Å². The van der Waals surface area contributed by atoms with Crippen LogP contribution in [0, 0.1) is 11.3 Å². The minimum absolute atomic E-state index is 0.00354. The second-order valence-electron chi connectivity index (χ2n) is 10.7. The summed E-state index contributed by atoms with van der Waals surface area (Å²) in [6, 6.07) is 14.7. The fourth-order valence-corrected chi connectivity index (χ4v) is 5.45. The third-order valence-corrected chi connectivity index (χ3v) is 7.70. The highest BCUT2D eigenvalue weighted by molar-refractivity contribution is 5.72. The number of nitrogens with zero attached hydrogens (tertiary/aromatic N) is 1. The molecular formula is C29H36N2O3. The number of piperidine rings is 3. The molecule has 6 rings (SSSR count). The Balaban J connectivity index is 1.29. The number of alkyl carbamates (subject to hydrolysis) is 1. The first kappa shape index (κ1) is 23.0. The number of amides is 1. The molecule has 1 unspecified atom stereocenters. The summed E-state index contributed by atoms with van der Waals surface area (Å²) >= 11 is 0. The highest BCUT2D eigenvalue weighted by Gasteiger charge is 2.41. The van der Waals surface area contributed by atoms with Crippen LogP contribution in [-0.4, -0.2) is 43.3 Å². The van der Waals surface area contributed by atoms with Crippen molar-refractivity contribution in [1.82, 2.24) is 10.2 Å². The molecule has 2 aromatic rings. The molecule has 3 saturated heterocycles. The molecular weight excluding hydrogens is 424 g/mol. The van der Waals surface area contributed by atoms with Gasteiger partial charge in [-0.15, -0.1) is 0 Å². The van der Waals surface area contributed by atoms with Crippen molar-refractivity contribution >= 4 is 18.2 Å². The van der Waals surface area contributed by atoms with E-state index in [1.165, 1.54) is 11.1 Å². The van der Waals surface area contributed by atoms with Crippen LogP contribution in [0.25, 0.3) is 12.2 Å². The highest BCUT2D eigenvalue weighted by Crippen LogP contribution is 2.43. The fraction of sp³-hybridized carbons (Fsp3) is 0.483. The summed E-state index contributed by atoms with van der Waals surface area (Å²) in [7, 11) is 0. The summed E-state index contributed by atoms with van der Waals surface area (Å²) in [4.78, 5) is 15.3. The number of carbonyl (C=O) groups is 1. The zero-order chi connectivity index (χ0) is 23.7. The minimum Gasteiger partial charge on any atom is -0.493 e. The molecule has 1 amide bonds. The predicted molar refractivity (Wildman–Crippen MR) is 136 cm³/mol. The number of carbonyl (C=O) groups excluding carboxylic acids is 1. The molecule has 2 bridgehead atoms. The Labute approximate surface area is 203 Å². The van der Waals surface area contributed by atoms with Crippen LogP contribution in [0.2, 0.25) is 0 Å². The minimum atomic E-state index is -0.316. The van der Waals surface area contributed by atoms with Crippen LogP contribution < -0.4 is 10.1 Å². The van der Waals surface area contributed by atoms with Gasteiger partial charge in [-0.05, 0) is 61.0 Å². The van der Waals surface area contributed by atoms with Crippen molar-refractivity contribution in [3.8, 4) is 5.75 Å². The zero-order valence-corrected chi connectivity index (χ0v) is 20.5. The molecule has 1 N–H and O–H groups in total. The van der Waals surface area contributed by atoms with Gasteiger partial charge < -0.3 is 14.8 Å². The number of hydrogen-bond acceptors (Lipinski definition) is 4. The van der Waals surface area contributed by atoms with E-state index in [0.717, 1.165) is 55.8 Å². The average Bonchev–Trinajstić information content (AvgIpc) is 2.85. The Bertz CT molecular complexity index is 1050. The van der Waals surface area contributed by atoms with Crippen LogP contribution in [0.3, 0.4) is 0 Å². The van der Waals surface area contributed by atoms with Gasteiger partial charge in [0.2, 0.25) is 0 Å². The van der Waals surface area contributed by atoms with Gasteiger partial charge in [-0.1, -0.05) is 69.3 Å². The normalized spacial score (nSPS) is 27.1. The van der Waals surface area contributed by atoms with E-state index >= 15 is 0 Å². The molecule has 2 atom stereocenters. The Morgan fingerprint density at radius 1 is 1.12 bits per heavy atom. The predicted octanol–water partition coefficient (Wildman–Crippen LogP) is 5.70.